The normalized spacial score (nSPS) is 18.0. The molecule has 0 fully saturated rings. The molecule has 0 N–H and O–H groups in total. The molecular formula is C10H12F6O2. The van der Waals surface area contributed by atoms with Crippen molar-refractivity contribution in [3.8, 4) is 0 Å². The van der Waals surface area contributed by atoms with Gasteiger partial charge in [0.1, 0.15) is 6.61 Å². The Morgan fingerprint density at radius 2 is 1.56 bits per heavy atom. The molecule has 0 amide bonds. The van der Waals surface area contributed by atoms with E-state index in [2.05, 4.69) is 11.3 Å². The van der Waals surface area contributed by atoms with Crippen molar-refractivity contribution >= 4 is 5.97 Å². The number of carbonyl (C=O) groups excluding carboxylic acids is 1. The molecule has 0 aliphatic rings. The summed E-state index contributed by atoms with van der Waals surface area (Å²) in [5, 5.41) is 0. The molecule has 0 rings (SSSR count). The number of ether oxygens (including phenoxy) is 1. The summed E-state index contributed by atoms with van der Waals surface area (Å²) in [6, 6.07) is 0. The minimum absolute atomic E-state index is 0.106. The fourth-order valence-electron chi connectivity index (χ4n) is 0.885. The van der Waals surface area contributed by atoms with Gasteiger partial charge in [0, 0.05) is 5.57 Å². The van der Waals surface area contributed by atoms with Crippen LogP contribution >= 0.6 is 0 Å². The summed E-state index contributed by atoms with van der Waals surface area (Å²) < 4.78 is 78.6. The van der Waals surface area contributed by atoms with Crippen molar-refractivity contribution in [1.82, 2.24) is 0 Å². The largest absolute Gasteiger partial charge is 0.459 e. The van der Waals surface area contributed by atoms with Gasteiger partial charge in [-0.25, -0.2) is 31.1 Å². The van der Waals surface area contributed by atoms with Crippen molar-refractivity contribution in [3.63, 3.8) is 0 Å². The van der Waals surface area contributed by atoms with E-state index in [0.29, 0.717) is 0 Å². The first kappa shape index (κ1) is 16.8. The van der Waals surface area contributed by atoms with Gasteiger partial charge >= 0.3 is 5.97 Å². The van der Waals surface area contributed by atoms with Crippen LogP contribution in [0.2, 0.25) is 0 Å². The van der Waals surface area contributed by atoms with Gasteiger partial charge in [-0.3, -0.25) is 0 Å². The number of esters is 1. The molecule has 0 heterocycles. The molecule has 0 aliphatic carbocycles. The maximum atomic E-state index is 13.0. The van der Waals surface area contributed by atoms with Crippen molar-refractivity contribution in [2.24, 2.45) is 0 Å². The summed E-state index contributed by atoms with van der Waals surface area (Å²) in [6.07, 6.45) is -16.4. The van der Waals surface area contributed by atoms with E-state index in [4.69, 9.17) is 0 Å². The molecule has 0 aliphatic heterocycles. The first-order chi connectivity index (χ1) is 8.18. The fraction of sp³-hybridized carbons (Fsp3) is 0.700. The second-order valence-corrected chi connectivity index (χ2v) is 3.56. The van der Waals surface area contributed by atoms with Crippen LogP contribution in [0.4, 0.5) is 26.3 Å². The van der Waals surface area contributed by atoms with Crippen molar-refractivity contribution in [2.75, 3.05) is 6.61 Å². The molecule has 0 spiro atoms. The van der Waals surface area contributed by atoms with Gasteiger partial charge in [-0.05, 0) is 6.92 Å². The zero-order valence-electron chi connectivity index (χ0n) is 9.39. The van der Waals surface area contributed by atoms with Gasteiger partial charge in [0.15, 0.2) is 24.7 Å². The molecule has 4 unspecified atom stereocenters. The Balaban J connectivity index is 4.29. The maximum absolute atomic E-state index is 13.0. The number of carbonyl (C=O) groups is 1. The van der Waals surface area contributed by atoms with E-state index in [9.17, 15) is 31.1 Å². The Morgan fingerprint density at radius 3 is 1.94 bits per heavy atom. The Hall–Kier alpha value is -1.21. The number of hydrogen-bond acceptors (Lipinski definition) is 2. The van der Waals surface area contributed by atoms with Crippen molar-refractivity contribution in [1.29, 1.82) is 0 Å². The number of hydrogen-bond donors (Lipinski definition) is 0. The first-order valence-corrected chi connectivity index (χ1v) is 4.85. The molecule has 0 saturated heterocycles. The van der Waals surface area contributed by atoms with Gasteiger partial charge < -0.3 is 4.74 Å². The molecule has 0 saturated carbocycles. The molecular weight excluding hydrogens is 266 g/mol. The highest BCUT2D eigenvalue weighted by atomic mass is 19.3. The van der Waals surface area contributed by atoms with Gasteiger partial charge in [0.2, 0.25) is 0 Å². The minimum Gasteiger partial charge on any atom is -0.459 e. The summed E-state index contributed by atoms with van der Waals surface area (Å²) in [5.74, 6) is -1.05. The Bertz CT molecular complexity index is 296. The van der Waals surface area contributed by atoms with E-state index in [1.165, 1.54) is 6.92 Å². The van der Waals surface area contributed by atoms with E-state index in [1.54, 1.807) is 0 Å². The van der Waals surface area contributed by atoms with E-state index >= 15 is 0 Å². The molecule has 4 atom stereocenters. The molecule has 2 nitrogen and oxygen atoms in total. The summed E-state index contributed by atoms with van der Waals surface area (Å²) in [5.41, 5.74) is -0.106. The lowest BCUT2D eigenvalue weighted by Gasteiger charge is -2.19. The van der Waals surface area contributed by atoms with Crippen molar-refractivity contribution in [3.05, 3.63) is 12.2 Å². The molecule has 106 valence electrons. The Morgan fingerprint density at radius 1 is 1.06 bits per heavy atom. The van der Waals surface area contributed by atoms with E-state index in [0.717, 1.165) is 0 Å². The van der Waals surface area contributed by atoms with E-state index < -0.39 is 43.7 Å². The Kier molecular flexibility index (Phi) is 6.79. The van der Waals surface area contributed by atoms with Crippen LogP contribution in [-0.2, 0) is 9.53 Å². The summed E-state index contributed by atoms with van der Waals surface area (Å²) in [6.45, 7) is 3.17. The van der Waals surface area contributed by atoms with Gasteiger partial charge in [0.25, 0.3) is 6.43 Å². The molecule has 8 heteroatoms. The number of halogens is 6. The summed E-state index contributed by atoms with van der Waals surface area (Å²) in [7, 11) is 0. The smallest absolute Gasteiger partial charge is 0.333 e. The van der Waals surface area contributed by atoms with Crippen LogP contribution in [0.5, 0.6) is 0 Å². The second-order valence-electron chi connectivity index (χ2n) is 3.56. The van der Waals surface area contributed by atoms with Gasteiger partial charge in [-0.2, -0.15) is 0 Å². The lowest BCUT2D eigenvalue weighted by Crippen LogP contribution is -2.40. The van der Waals surface area contributed by atoms with Crippen LogP contribution in [0, 0.1) is 0 Å². The van der Waals surface area contributed by atoms with E-state index in [-0.39, 0.29) is 5.57 Å². The highest BCUT2D eigenvalue weighted by molar-refractivity contribution is 5.86. The quantitative estimate of drug-likeness (QED) is 0.406. The predicted molar refractivity (Wildman–Crippen MR) is 51.4 cm³/mol. The van der Waals surface area contributed by atoms with Gasteiger partial charge in [-0.1, -0.05) is 6.58 Å². The monoisotopic (exact) mass is 278 g/mol. The third-order valence-corrected chi connectivity index (χ3v) is 1.92. The zero-order valence-corrected chi connectivity index (χ0v) is 9.39. The van der Waals surface area contributed by atoms with Gasteiger partial charge in [-0.15, -0.1) is 0 Å². The highest BCUT2D eigenvalue weighted by Crippen LogP contribution is 2.22. The van der Waals surface area contributed by atoms with Crippen LogP contribution in [0.25, 0.3) is 0 Å². The predicted octanol–water partition coefficient (Wildman–Crippen LogP) is 2.72. The van der Waals surface area contributed by atoms with Crippen LogP contribution < -0.4 is 0 Å². The summed E-state index contributed by atoms with van der Waals surface area (Å²) in [4.78, 5) is 10.8. The highest BCUT2D eigenvalue weighted by Gasteiger charge is 2.41. The fourth-order valence-corrected chi connectivity index (χ4v) is 0.885. The maximum Gasteiger partial charge on any atom is 0.333 e. The van der Waals surface area contributed by atoms with Crippen LogP contribution in [0.15, 0.2) is 12.2 Å². The third kappa shape index (κ3) is 4.97. The van der Waals surface area contributed by atoms with Crippen molar-refractivity contribution < 1.29 is 35.9 Å². The summed E-state index contributed by atoms with van der Waals surface area (Å²) >= 11 is 0. The first-order valence-electron chi connectivity index (χ1n) is 4.85. The molecule has 0 aromatic heterocycles. The minimum atomic E-state index is -3.76. The van der Waals surface area contributed by atoms with Crippen LogP contribution in [-0.4, -0.2) is 43.7 Å². The number of alkyl halides is 6. The van der Waals surface area contributed by atoms with Crippen LogP contribution in [0.3, 0.4) is 0 Å². The lowest BCUT2D eigenvalue weighted by molar-refractivity contribution is -0.142. The van der Waals surface area contributed by atoms with Gasteiger partial charge in [0.05, 0.1) is 0 Å². The molecule has 0 aromatic rings. The standard InChI is InChI=1S/C10H12F6O2/c1-4(2)10(17)18-3-5(11)6(12)7(13)8(14)9(15)16/h5-9H,1,3H2,2H3. The van der Waals surface area contributed by atoms with E-state index in [1.807, 2.05) is 0 Å². The van der Waals surface area contributed by atoms with Crippen molar-refractivity contribution in [2.45, 2.75) is 38.0 Å². The molecule has 0 radical (unpaired) electrons. The average Bonchev–Trinajstić information content (AvgIpc) is 2.32. The topological polar surface area (TPSA) is 26.3 Å². The average molecular weight is 278 g/mol. The molecule has 18 heavy (non-hydrogen) atoms. The Labute approximate surface area is 99.6 Å². The number of rotatable bonds is 7. The van der Waals surface area contributed by atoms with Crippen LogP contribution in [0.1, 0.15) is 6.92 Å². The second kappa shape index (κ2) is 7.27. The molecule has 0 aromatic carbocycles. The zero-order chi connectivity index (χ0) is 14.5. The SMILES string of the molecule is C=C(C)C(=O)OCC(F)C(F)C(F)C(F)C(F)F. The lowest BCUT2D eigenvalue weighted by atomic mass is 10.1. The molecule has 0 bridgehead atoms. The third-order valence-electron chi connectivity index (χ3n) is 1.92.